The largest absolute Gasteiger partial charge is 0.495 e. The van der Waals surface area contributed by atoms with Crippen molar-refractivity contribution in [3.05, 3.63) is 30.2 Å². The molecule has 0 atom stereocenters. The van der Waals surface area contributed by atoms with Crippen LogP contribution in [0.2, 0.25) is 0 Å². The fraction of sp³-hybridized carbons (Fsp3) is 0.273. The van der Waals surface area contributed by atoms with Gasteiger partial charge in [-0.05, 0) is 12.1 Å². The van der Waals surface area contributed by atoms with Crippen LogP contribution in [0.25, 0.3) is 5.65 Å². The van der Waals surface area contributed by atoms with Crippen LogP contribution in [0.3, 0.4) is 0 Å². The summed E-state index contributed by atoms with van der Waals surface area (Å²) < 4.78 is 11.7. The lowest BCUT2D eigenvalue weighted by Gasteiger charge is -2.09. The third-order valence-electron chi connectivity index (χ3n) is 2.39. The van der Waals surface area contributed by atoms with E-state index in [0.717, 1.165) is 11.3 Å². The van der Waals surface area contributed by atoms with Gasteiger partial charge in [0.05, 0.1) is 26.3 Å². The van der Waals surface area contributed by atoms with E-state index in [1.54, 1.807) is 25.6 Å². The maximum absolute atomic E-state index is 11.3. The lowest BCUT2D eigenvalue weighted by atomic mass is 10.2. The normalized spacial score (nSPS) is 10.4. The van der Waals surface area contributed by atoms with Gasteiger partial charge >= 0.3 is 5.97 Å². The topological polar surface area (TPSA) is 52.8 Å². The van der Waals surface area contributed by atoms with Crippen LogP contribution in [-0.4, -0.2) is 29.6 Å². The second-order valence-electron chi connectivity index (χ2n) is 3.26. The zero-order valence-corrected chi connectivity index (χ0v) is 9.14. The Hall–Kier alpha value is -2.04. The van der Waals surface area contributed by atoms with Crippen molar-refractivity contribution < 1.29 is 14.3 Å². The highest BCUT2D eigenvalue weighted by molar-refractivity contribution is 5.73. The molecule has 0 aliphatic heterocycles. The molecule has 0 unspecified atom stereocenters. The van der Waals surface area contributed by atoms with Crippen LogP contribution in [0.5, 0.6) is 5.75 Å². The average Bonchev–Trinajstić information content (AvgIpc) is 2.77. The van der Waals surface area contributed by atoms with Gasteiger partial charge in [-0.25, -0.2) is 4.98 Å². The smallest absolute Gasteiger partial charge is 0.311 e. The number of esters is 1. The molecule has 0 aliphatic carbocycles. The second kappa shape index (κ2) is 4.22. The van der Waals surface area contributed by atoms with Gasteiger partial charge in [0.1, 0.15) is 11.4 Å². The maximum atomic E-state index is 11.3. The summed E-state index contributed by atoms with van der Waals surface area (Å²) in [5.74, 6) is 0.343. The molecule has 5 heteroatoms. The van der Waals surface area contributed by atoms with Crippen molar-refractivity contribution in [2.45, 2.75) is 6.42 Å². The van der Waals surface area contributed by atoms with Gasteiger partial charge in [-0.1, -0.05) is 0 Å². The van der Waals surface area contributed by atoms with E-state index in [0.29, 0.717) is 5.75 Å². The molecule has 0 fully saturated rings. The van der Waals surface area contributed by atoms with Crippen LogP contribution < -0.4 is 4.74 Å². The van der Waals surface area contributed by atoms with Crippen LogP contribution in [0.1, 0.15) is 5.69 Å². The van der Waals surface area contributed by atoms with Gasteiger partial charge in [-0.15, -0.1) is 0 Å². The number of imidazole rings is 1. The van der Waals surface area contributed by atoms with Crippen molar-refractivity contribution in [3.63, 3.8) is 0 Å². The van der Waals surface area contributed by atoms with Gasteiger partial charge in [0, 0.05) is 12.4 Å². The number of fused-ring (bicyclic) bond motifs is 1. The minimum Gasteiger partial charge on any atom is -0.495 e. The molecule has 0 bridgehead atoms. The molecule has 0 saturated heterocycles. The monoisotopic (exact) mass is 220 g/mol. The lowest BCUT2D eigenvalue weighted by molar-refractivity contribution is -0.139. The summed E-state index contributed by atoms with van der Waals surface area (Å²) in [4.78, 5) is 15.4. The highest BCUT2D eigenvalue weighted by atomic mass is 16.5. The molecular formula is C11H12N2O3. The van der Waals surface area contributed by atoms with Gasteiger partial charge in [0.15, 0.2) is 0 Å². The molecule has 2 aromatic heterocycles. The fourth-order valence-electron chi connectivity index (χ4n) is 1.60. The van der Waals surface area contributed by atoms with E-state index in [-0.39, 0.29) is 12.4 Å². The molecule has 0 spiro atoms. The van der Waals surface area contributed by atoms with Crippen LogP contribution >= 0.6 is 0 Å². The van der Waals surface area contributed by atoms with E-state index in [1.807, 2.05) is 10.5 Å². The molecule has 16 heavy (non-hydrogen) atoms. The SMILES string of the molecule is COC(=O)Cc1c(OC)ccc2nccn12. The number of hydrogen-bond donors (Lipinski definition) is 0. The standard InChI is InChI=1S/C11H12N2O3/c1-15-9-3-4-10-12-5-6-13(10)8(9)7-11(14)16-2/h3-6H,7H2,1-2H3. The Morgan fingerprint density at radius 1 is 1.44 bits per heavy atom. The zero-order valence-electron chi connectivity index (χ0n) is 9.14. The lowest BCUT2D eigenvalue weighted by Crippen LogP contribution is -2.09. The predicted octanol–water partition coefficient (Wildman–Crippen LogP) is 1.06. The molecular weight excluding hydrogens is 208 g/mol. The molecule has 0 N–H and O–H groups in total. The van der Waals surface area contributed by atoms with Crippen molar-refractivity contribution in [1.82, 2.24) is 9.38 Å². The Labute approximate surface area is 92.6 Å². The van der Waals surface area contributed by atoms with E-state index >= 15 is 0 Å². The molecule has 2 heterocycles. The number of pyridine rings is 1. The molecule has 84 valence electrons. The van der Waals surface area contributed by atoms with Crippen molar-refractivity contribution >= 4 is 11.6 Å². The number of ether oxygens (including phenoxy) is 2. The van der Waals surface area contributed by atoms with Crippen molar-refractivity contribution in [2.75, 3.05) is 14.2 Å². The maximum Gasteiger partial charge on any atom is 0.311 e. The molecule has 0 saturated carbocycles. The first-order chi connectivity index (χ1) is 7.76. The van der Waals surface area contributed by atoms with Crippen LogP contribution in [0.4, 0.5) is 0 Å². The first kappa shape index (κ1) is 10.5. The van der Waals surface area contributed by atoms with Gasteiger partial charge < -0.3 is 9.47 Å². The van der Waals surface area contributed by atoms with Gasteiger partial charge in [-0.3, -0.25) is 9.20 Å². The number of nitrogens with zero attached hydrogens (tertiary/aromatic N) is 2. The summed E-state index contributed by atoms with van der Waals surface area (Å²) in [7, 11) is 2.93. The van der Waals surface area contributed by atoms with Crippen LogP contribution in [0.15, 0.2) is 24.5 Å². The Kier molecular flexibility index (Phi) is 2.76. The predicted molar refractivity (Wildman–Crippen MR) is 57.5 cm³/mol. The number of carbonyl (C=O) groups is 1. The summed E-state index contributed by atoms with van der Waals surface area (Å²) in [5.41, 5.74) is 1.52. The highest BCUT2D eigenvalue weighted by Crippen LogP contribution is 2.20. The quantitative estimate of drug-likeness (QED) is 0.726. The average molecular weight is 220 g/mol. The summed E-state index contributed by atoms with van der Waals surface area (Å²) >= 11 is 0. The summed E-state index contributed by atoms with van der Waals surface area (Å²) in [5, 5.41) is 0. The molecule has 0 aromatic carbocycles. The van der Waals surface area contributed by atoms with Gasteiger partial charge in [0.2, 0.25) is 0 Å². The summed E-state index contributed by atoms with van der Waals surface area (Å²) in [6.07, 6.45) is 3.62. The van der Waals surface area contributed by atoms with Crippen LogP contribution in [0, 0.1) is 0 Å². The number of methoxy groups -OCH3 is 2. The number of carbonyl (C=O) groups excluding carboxylic acids is 1. The fourth-order valence-corrected chi connectivity index (χ4v) is 1.60. The molecule has 2 rings (SSSR count). The minimum absolute atomic E-state index is 0.160. The third-order valence-corrected chi connectivity index (χ3v) is 2.39. The second-order valence-corrected chi connectivity index (χ2v) is 3.26. The number of rotatable bonds is 3. The first-order valence-electron chi connectivity index (χ1n) is 4.82. The van der Waals surface area contributed by atoms with Crippen molar-refractivity contribution in [2.24, 2.45) is 0 Å². The van der Waals surface area contributed by atoms with E-state index in [2.05, 4.69) is 9.72 Å². The van der Waals surface area contributed by atoms with Crippen molar-refractivity contribution in [1.29, 1.82) is 0 Å². The van der Waals surface area contributed by atoms with Crippen molar-refractivity contribution in [3.8, 4) is 5.75 Å². The Morgan fingerprint density at radius 3 is 2.94 bits per heavy atom. The highest BCUT2D eigenvalue weighted by Gasteiger charge is 2.12. The Bertz CT molecular complexity index is 519. The Balaban J connectivity index is 2.53. The molecule has 5 nitrogen and oxygen atoms in total. The van der Waals surface area contributed by atoms with E-state index in [4.69, 9.17) is 4.74 Å². The third kappa shape index (κ3) is 1.71. The van der Waals surface area contributed by atoms with Crippen LogP contribution in [-0.2, 0) is 16.0 Å². The molecule has 0 amide bonds. The number of aromatic nitrogens is 2. The molecule has 0 radical (unpaired) electrons. The summed E-state index contributed by atoms with van der Waals surface area (Å²) in [6, 6.07) is 3.63. The van der Waals surface area contributed by atoms with Gasteiger partial charge in [0.25, 0.3) is 0 Å². The van der Waals surface area contributed by atoms with E-state index < -0.39 is 0 Å². The molecule has 2 aromatic rings. The minimum atomic E-state index is -0.306. The van der Waals surface area contributed by atoms with Gasteiger partial charge in [-0.2, -0.15) is 0 Å². The van der Waals surface area contributed by atoms with E-state index in [1.165, 1.54) is 7.11 Å². The van der Waals surface area contributed by atoms with E-state index in [9.17, 15) is 4.79 Å². The number of hydrogen-bond acceptors (Lipinski definition) is 4. The molecule has 0 aliphatic rings. The zero-order chi connectivity index (χ0) is 11.5. The Morgan fingerprint density at radius 2 is 2.25 bits per heavy atom. The first-order valence-corrected chi connectivity index (χ1v) is 4.82. The summed E-state index contributed by atoms with van der Waals surface area (Å²) in [6.45, 7) is 0.